The Balaban J connectivity index is 1.51. The van der Waals surface area contributed by atoms with Gasteiger partial charge in [0, 0.05) is 24.9 Å². The van der Waals surface area contributed by atoms with Gasteiger partial charge in [-0.15, -0.1) is 0 Å². The second-order valence-corrected chi connectivity index (χ2v) is 7.26. The molecular weight excluding hydrogens is 424 g/mol. The maximum absolute atomic E-state index is 13.2. The number of H-pyrrole nitrogens is 1. The second-order valence-electron chi connectivity index (χ2n) is 7.26. The van der Waals surface area contributed by atoms with E-state index in [9.17, 15) is 14.4 Å². The van der Waals surface area contributed by atoms with Crippen molar-refractivity contribution >= 4 is 28.4 Å². The summed E-state index contributed by atoms with van der Waals surface area (Å²) in [6.07, 6.45) is 1.42. The van der Waals surface area contributed by atoms with Crippen LogP contribution in [0.4, 0.5) is 5.69 Å². The summed E-state index contributed by atoms with van der Waals surface area (Å²) >= 11 is 0. The zero-order valence-corrected chi connectivity index (χ0v) is 17.9. The number of carbonyl (C=O) groups excluding carboxylic acids is 2. The molecule has 168 valence electrons. The lowest BCUT2D eigenvalue weighted by atomic mass is 10.1. The number of methoxy groups -OCH3 is 1. The van der Waals surface area contributed by atoms with E-state index in [-0.39, 0.29) is 29.7 Å². The number of aromatic amines is 1. The van der Waals surface area contributed by atoms with Gasteiger partial charge in [-0.2, -0.15) is 0 Å². The van der Waals surface area contributed by atoms with Gasteiger partial charge in [-0.3, -0.25) is 14.4 Å². The Morgan fingerprint density at radius 1 is 1.09 bits per heavy atom. The fourth-order valence-electron chi connectivity index (χ4n) is 3.32. The van der Waals surface area contributed by atoms with Crippen molar-refractivity contribution in [2.75, 3.05) is 25.6 Å². The Labute approximate surface area is 189 Å². The standard InChI is InChI=1S/C24H22N4O5/c1-32-14-12-28(15-21-26-19-6-3-2-5-18(19)22(29)27-21)24(31)16-8-10-17(11-9-16)25-23(30)20-7-4-13-33-20/h2-11,13H,12,14-15H2,1H3,(H,25,30)(H,26,27,29). The largest absolute Gasteiger partial charge is 0.459 e. The number of carbonyl (C=O) groups is 2. The number of fused-ring (bicyclic) bond motifs is 1. The molecule has 0 aliphatic heterocycles. The van der Waals surface area contributed by atoms with E-state index in [0.29, 0.717) is 41.1 Å². The molecule has 0 aliphatic rings. The van der Waals surface area contributed by atoms with Gasteiger partial charge in [0.25, 0.3) is 17.4 Å². The number of nitrogens with zero attached hydrogens (tertiary/aromatic N) is 2. The summed E-state index contributed by atoms with van der Waals surface area (Å²) in [7, 11) is 1.55. The minimum atomic E-state index is -0.382. The molecule has 0 atom stereocenters. The maximum atomic E-state index is 13.2. The van der Waals surface area contributed by atoms with Crippen LogP contribution in [0.2, 0.25) is 0 Å². The molecule has 0 bridgehead atoms. The van der Waals surface area contributed by atoms with Gasteiger partial charge in [-0.05, 0) is 48.5 Å². The normalized spacial score (nSPS) is 10.8. The lowest BCUT2D eigenvalue weighted by molar-refractivity contribution is 0.0675. The highest BCUT2D eigenvalue weighted by Gasteiger charge is 2.18. The van der Waals surface area contributed by atoms with Crippen molar-refractivity contribution in [3.05, 3.63) is 94.4 Å². The molecule has 2 aromatic heterocycles. The van der Waals surface area contributed by atoms with Crippen LogP contribution in [0.25, 0.3) is 10.9 Å². The third-order valence-electron chi connectivity index (χ3n) is 4.99. The Bertz CT molecular complexity index is 1310. The molecule has 4 aromatic rings. The number of rotatable bonds is 8. The number of benzene rings is 2. The van der Waals surface area contributed by atoms with Gasteiger partial charge >= 0.3 is 0 Å². The van der Waals surface area contributed by atoms with Gasteiger partial charge < -0.3 is 24.4 Å². The molecule has 2 N–H and O–H groups in total. The molecular formula is C24H22N4O5. The van der Waals surface area contributed by atoms with E-state index in [2.05, 4.69) is 15.3 Å². The fourth-order valence-corrected chi connectivity index (χ4v) is 3.32. The zero-order valence-electron chi connectivity index (χ0n) is 17.9. The quantitative estimate of drug-likeness (QED) is 0.430. The van der Waals surface area contributed by atoms with Crippen molar-refractivity contribution < 1.29 is 18.7 Å². The predicted octanol–water partition coefficient (Wildman–Crippen LogP) is 3.06. The van der Waals surface area contributed by atoms with Gasteiger partial charge in [0.1, 0.15) is 5.82 Å². The average molecular weight is 446 g/mol. The molecule has 33 heavy (non-hydrogen) atoms. The van der Waals surface area contributed by atoms with E-state index in [1.54, 1.807) is 72.7 Å². The molecule has 0 saturated heterocycles. The number of anilines is 1. The van der Waals surface area contributed by atoms with E-state index in [1.165, 1.54) is 6.26 Å². The molecule has 2 aromatic carbocycles. The molecule has 2 heterocycles. The summed E-state index contributed by atoms with van der Waals surface area (Å²) in [5, 5.41) is 3.20. The van der Waals surface area contributed by atoms with E-state index >= 15 is 0 Å². The highest BCUT2D eigenvalue weighted by molar-refractivity contribution is 6.02. The second kappa shape index (κ2) is 9.92. The topological polar surface area (TPSA) is 118 Å². The van der Waals surface area contributed by atoms with E-state index in [4.69, 9.17) is 9.15 Å². The lowest BCUT2D eigenvalue weighted by Gasteiger charge is -2.22. The predicted molar refractivity (Wildman–Crippen MR) is 122 cm³/mol. The monoisotopic (exact) mass is 446 g/mol. The summed E-state index contributed by atoms with van der Waals surface area (Å²) in [5.41, 5.74) is 1.25. The summed E-state index contributed by atoms with van der Waals surface area (Å²) in [4.78, 5) is 46.5. The van der Waals surface area contributed by atoms with Crippen LogP contribution >= 0.6 is 0 Å². The van der Waals surface area contributed by atoms with Gasteiger partial charge in [0.15, 0.2) is 5.76 Å². The number of amides is 2. The Kier molecular flexibility index (Phi) is 6.61. The van der Waals surface area contributed by atoms with Crippen molar-refractivity contribution in [1.29, 1.82) is 0 Å². The molecule has 0 radical (unpaired) electrons. The Morgan fingerprint density at radius 3 is 2.61 bits per heavy atom. The first-order valence-corrected chi connectivity index (χ1v) is 10.3. The first-order chi connectivity index (χ1) is 16.0. The first kappa shape index (κ1) is 22.0. The average Bonchev–Trinajstić information content (AvgIpc) is 3.37. The third-order valence-corrected chi connectivity index (χ3v) is 4.99. The minimum Gasteiger partial charge on any atom is -0.459 e. The number of para-hydroxylation sites is 1. The van der Waals surface area contributed by atoms with Gasteiger partial charge in [0.05, 0.1) is 30.3 Å². The number of ether oxygens (including phenoxy) is 1. The number of nitrogens with one attached hydrogen (secondary N) is 2. The first-order valence-electron chi connectivity index (χ1n) is 10.3. The van der Waals surface area contributed by atoms with E-state index < -0.39 is 0 Å². The van der Waals surface area contributed by atoms with Crippen molar-refractivity contribution in [2.45, 2.75) is 6.54 Å². The number of aromatic nitrogens is 2. The van der Waals surface area contributed by atoms with Crippen molar-refractivity contribution in [1.82, 2.24) is 14.9 Å². The van der Waals surface area contributed by atoms with Crippen molar-refractivity contribution in [3.63, 3.8) is 0 Å². The minimum absolute atomic E-state index is 0.110. The maximum Gasteiger partial charge on any atom is 0.291 e. The van der Waals surface area contributed by atoms with Crippen LogP contribution in [-0.2, 0) is 11.3 Å². The molecule has 9 nitrogen and oxygen atoms in total. The van der Waals surface area contributed by atoms with Crippen LogP contribution in [0.15, 0.2) is 76.1 Å². The van der Waals surface area contributed by atoms with Crippen LogP contribution in [-0.4, -0.2) is 46.9 Å². The highest BCUT2D eigenvalue weighted by atomic mass is 16.5. The fraction of sp³-hybridized carbons (Fsp3) is 0.167. The molecule has 4 rings (SSSR count). The smallest absolute Gasteiger partial charge is 0.291 e. The van der Waals surface area contributed by atoms with Crippen LogP contribution in [0.5, 0.6) is 0 Å². The molecule has 9 heteroatoms. The number of hydrogen-bond donors (Lipinski definition) is 2. The van der Waals surface area contributed by atoms with Crippen molar-refractivity contribution in [2.24, 2.45) is 0 Å². The van der Waals surface area contributed by atoms with Crippen LogP contribution in [0, 0.1) is 0 Å². The Hall–Kier alpha value is -4.24. The number of furan rings is 1. The third kappa shape index (κ3) is 5.16. The van der Waals surface area contributed by atoms with E-state index in [0.717, 1.165) is 0 Å². The van der Waals surface area contributed by atoms with Gasteiger partial charge in [-0.1, -0.05) is 12.1 Å². The highest BCUT2D eigenvalue weighted by Crippen LogP contribution is 2.15. The van der Waals surface area contributed by atoms with Crippen LogP contribution < -0.4 is 10.9 Å². The number of hydrogen-bond acceptors (Lipinski definition) is 6. The summed E-state index contributed by atoms with van der Waals surface area (Å²) < 4.78 is 10.2. The van der Waals surface area contributed by atoms with Crippen molar-refractivity contribution in [3.8, 4) is 0 Å². The van der Waals surface area contributed by atoms with Gasteiger partial charge in [0.2, 0.25) is 0 Å². The molecule has 0 fully saturated rings. The summed E-state index contributed by atoms with van der Waals surface area (Å²) in [5.74, 6) is -0.0674. The van der Waals surface area contributed by atoms with E-state index in [1.807, 2.05) is 0 Å². The molecule has 0 unspecified atom stereocenters. The SMILES string of the molecule is COCCN(Cc1nc2ccccc2c(=O)[nH]1)C(=O)c1ccc(NC(=O)c2ccco2)cc1. The molecule has 0 saturated carbocycles. The molecule has 2 amide bonds. The molecule has 0 aliphatic carbocycles. The lowest BCUT2D eigenvalue weighted by Crippen LogP contribution is -2.34. The molecule has 0 spiro atoms. The zero-order chi connectivity index (χ0) is 23.2. The summed E-state index contributed by atoms with van der Waals surface area (Å²) in [6.45, 7) is 0.739. The van der Waals surface area contributed by atoms with Crippen LogP contribution in [0.1, 0.15) is 26.7 Å². The summed E-state index contributed by atoms with van der Waals surface area (Å²) in [6, 6.07) is 16.7. The Morgan fingerprint density at radius 2 is 1.88 bits per heavy atom. The van der Waals surface area contributed by atoms with Gasteiger partial charge in [-0.25, -0.2) is 4.98 Å². The van der Waals surface area contributed by atoms with Crippen LogP contribution in [0.3, 0.4) is 0 Å².